The van der Waals surface area contributed by atoms with Crippen LogP contribution in [0.3, 0.4) is 0 Å². The van der Waals surface area contributed by atoms with Gasteiger partial charge in [0.2, 0.25) is 0 Å². The van der Waals surface area contributed by atoms with E-state index in [1.807, 2.05) is 0 Å². The maximum atomic E-state index is 12.7. The smallest absolute Gasteiger partial charge is 0.364 e. The fourth-order valence-electron chi connectivity index (χ4n) is 0.846. The lowest BCUT2D eigenvalue weighted by atomic mass is 10.2. The lowest BCUT2D eigenvalue weighted by Crippen LogP contribution is -2.58. The first-order valence-electron chi connectivity index (χ1n) is 7.17. The van der Waals surface area contributed by atoms with E-state index in [0.29, 0.717) is 7.05 Å². The number of alkyl halides is 3. The van der Waals surface area contributed by atoms with Gasteiger partial charge < -0.3 is 4.57 Å². The van der Waals surface area contributed by atoms with Gasteiger partial charge in [0.15, 0.2) is 8.24 Å². The maximum Gasteiger partial charge on any atom is 0.470 e. The first-order valence-corrected chi connectivity index (χ1v) is 6.11. The normalized spacial score (nSPS) is 21.5. The quantitative estimate of drug-likeness (QED) is 0.652. The molecular formula is C9H18F3NOSi. The standard InChI is InChI=1S/C9H18F3NOSi/c1-8(2,3)15(5,6)13(4)7(14)9(10,11)12/h1-6H3/i5D3,6D3. The summed E-state index contributed by atoms with van der Waals surface area (Å²) in [4.78, 5) is 11.5. The first-order chi connectivity index (χ1) is 8.82. The Hall–Kier alpha value is -0.523. The van der Waals surface area contributed by atoms with Gasteiger partial charge in [-0.3, -0.25) is 4.79 Å². The van der Waals surface area contributed by atoms with Crippen LogP contribution in [-0.2, 0) is 4.79 Å². The van der Waals surface area contributed by atoms with E-state index in [1.165, 1.54) is 20.8 Å². The zero-order chi connectivity index (χ0) is 17.7. The van der Waals surface area contributed by atoms with Crippen LogP contribution in [0.25, 0.3) is 0 Å². The molecule has 0 saturated heterocycles. The van der Waals surface area contributed by atoms with Crippen molar-refractivity contribution in [3.05, 3.63) is 0 Å². The molecule has 90 valence electrons. The molecule has 0 aliphatic carbocycles. The Morgan fingerprint density at radius 3 is 1.87 bits per heavy atom. The average molecular weight is 247 g/mol. The van der Waals surface area contributed by atoms with Crippen molar-refractivity contribution >= 4 is 14.1 Å². The van der Waals surface area contributed by atoms with E-state index >= 15 is 0 Å². The van der Waals surface area contributed by atoms with E-state index in [0.717, 1.165) is 0 Å². The van der Waals surface area contributed by atoms with Gasteiger partial charge in [-0.1, -0.05) is 33.7 Å². The molecule has 1 amide bonds. The number of nitrogens with zero attached hydrogens (tertiary/aromatic N) is 1. The molecule has 0 bridgehead atoms. The van der Waals surface area contributed by atoms with Crippen molar-refractivity contribution < 1.29 is 26.2 Å². The average Bonchev–Trinajstić information content (AvgIpc) is 2.07. The number of hydrogen-bond acceptors (Lipinski definition) is 1. The first kappa shape index (κ1) is 6.93. The summed E-state index contributed by atoms with van der Waals surface area (Å²) < 4.78 is 83.2. The van der Waals surface area contributed by atoms with Gasteiger partial charge in [0.1, 0.15) is 0 Å². The summed E-state index contributed by atoms with van der Waals surface area (Å²) in [5.74, 6) is -2.45. The van der Waals surface area contributed by atoms with Gasteiger partial charge in [-0.25, -0.2) is 0 Å². The molecule has 0 aliphatic heterocycles. The van der Waals surface area contributed by atoms with Crippen molar-refractivity contribution in [2.24, 2.45) is 0 Å². The number of carbonyl (C=O) groups is 1. The molecule has 0 aromatic rings. The molecule has 0 spiro atoms. The summed E-state index contributed by atoms with van der Waals surface area (Å²) in [7, 11) is -4.30. The fraction of sp³-hybridized carbons (Fsp3) is 0.889. The van der Waals surface area contributed by atoms with Crippen molar-refractivity contribution in [3.63, 3.8) is 0 Å². The van der Waals surface area contributed by atoms with E-state index in [9.17, 15) is 18.0 Å². The highest BCUT2D eigenvalue weighted by molar-refractivity contribution is 6.79. The zero-order valence-electron chi connectivity index (χ0n) is 15.0. The number of amides is 1. The molecule has 15 heavy (non-hydrogen) atoms. The third kappa shape index (κ3) is 2.96. The van der Waals surface area contributed by atoms with Gasteiger partial charge in [-0.15, -0.1) is 0 Å². The largest absolute Gasteiger partial charge is 0.470 e. The Morgan fingerprint density at radius 1 is 1.27 bits per heavy atom. The van der Waals surface area contributed by atoms with Gasteiger partial charge in [0, 0.05) is 15.3 Å². The summed E-state index contributed by atoms with van der Waals surface area (Å²) in [5, 5.41) is -1.53. The van der Waals surface area contributed by atoms with Crippen LogP contribution in [-0.4, -0.2) is 31.9 Å². The Labute approximate surface area is 98.0 Å². The van der Waals surface area contributed by atoms with Crippen LogP contribution in [0.15, 0.2) is 0 Å². The maximum absolute atomic E-state index is 12.7. The van der Waals surface area contributed by atoms with Gasteiger partial charge in [0.25, 0.3) is 0 Å². The van der Waals surface area contributed by atoms with Gasteiger partial charge in [-0.2, -0.15) is 13.2 Å². The van der Waals surface area contributed by atoms with Crippen LogP contribution in [0.5, 0.6) is 0 Å². The van der Waals surface area contributed by atoms with Crippen molar-refractivity contribution in [2.75, 3.05) is 7.05 Å². The molecule has 2 nitrogen and oxygen atoms in total. The summed E-state index contributed by atoms with van der Waals surface area (Å²) in [6.45, 7) is -2.73. The summed E-state index contributed by atoms with van der Waals surface area (Å²) in [5.41, 5.74) is 0. The predicted molar refractivity (Wildman–Crippen MR) is 56.0 cm³/mol. The Kier molecular flexibility index (Phi) is 1.76. The second-order valence-corrected chi connectivity index (χ2v) is 7.91. The van der Waals surface area contributed by atoms with Crippen molar-refractivity contribution in [3.8, 4) is 0 Å². The molecule has 6 heteroatoms. The second kappa shape index (κ2) is 3.81. The SMILES string of the molecule is [2H]C([2H])([2H])[Si](N(C)C(=O)C(F)(F)F)(C([2H])([2H])[2H])C(C)(C)C. The van der Waals surface area contributed by atoms with Crippen molar-refractivity contribution in [1.29, 1.82) is 0 Å². The van der Waals surface area contributed by atoms with E-state index < -0.39 is 38.3 Å². The van der Waals surface area contributed by atoms with E-state index in [-0.39, 0.29) is 4.57 Å². The fourth-order valence-corrected chi connectivity index (χ4v) is 2.28. The minimum Gasteiger partial charge on any atom is -0.364 e. The minimum atomic E-state index is -5.34. The van der Waals surface area contributed by atoms with Crippen molar-refractivity contribution in [2.45, 2.75) is 44.9 Å². The lowest BCUT2D eigenvalue weighted by molar-refractivity contribution is -0.180. The van der Waals surface area contributed by atoms with Gasteiger partial charge >= 0.3 is 12.1 Å². The predicted octanol–water partition coefficient (Wildman–Crippen LogP) is 3.01. The summed E-state index contributed by atoms with van der Waals surface area (Å²) in [6.07, 6.45) is -5.34. The molecule has 0 unspecified atom stereocenters. The van der Waals surface area contributed by atoms with Crippen LogP contribution in [0, 0.1) is 0 Å². The highest BCUT2D eigenvalue weighted by Gasteiger charge is 2.49. The molecule has 0 saturated carbocycles. The molecule has 0 heterocycles. The molecule has 0 rings (SSSR count). The number of carbonyl (C=O) groups excluding carboxylic acids is 1. The van der Waals surface area contributed by atoms with E-state index in [2.05, 4.69) is 0 Å². The number of hydrogen-bond donors (Lipinski definition) is 0. The zero-order valence-corrected chi connectivity index (χ0v) is 9.99. The molecule has 0 aromatic heterocycles. The van der Waals surface area contributed by atoms with Crippen LogP contribution in [0.1, 0.15) is 29.0 Å². The van der Waals surface area contributed by atoms with Gasteiger partial charge in [-0.05, 0) is 5.04 Å². The molecule has 0 fully saturated rings. The van der Waals surface area contributed by atoms with Crippen LogP contribution >= 0.6 is 0 Å². The Morgan fingerprint density at radius 2 is 1.67 bits per heavy atom. The summed E-state index contributed by atoms with van der Waals surface area (Å²) >= 11 is 0. The van der Waals surface area contributed by atoms with Crippen molar-refractivity contribution in [1.82, 2.24) is 4.57 Å². The van der Waals surface area contributed by atoms with E-state index in [1.54, 1.807) is 0 Å². The Bertz CT molecular complexity index is 376. The molecule has 0 atom stereocenters. The molecule has 0 N–H and O–H groups in total. The van der Waals surface area contributed by atoms with Gasteiger partial charge in [0.05, 0.1) is 0 Å². The highest BCUT2D eigenvalue weighted by atomic mass is 28.3. The molecule has 0 aromatic carbocycles. The lowest BCUT2D eigenvalue weighted by Gasteiger charge is -2.43. The monoisotopic (exact) mass is 247 g/mol. The molecule has 0 aliphatic rings. The van der Waals surface area contributed by atoms with E-state index in [4.69, 9.17) is 8.22 Å². The van der Waals surface area contributed by atoms with Crippen LogP contribution in [0.4, 0.5) is 13.2 Å². The Balaban J connectivity index is 6.52. The third-order valence-electron chi connectivity index (χ3n) is 2.14. The van der Waals surface area contributed by atoms with Crippen LogP contribution < -0.4 is 0 Å². The molecule has 0 radical (unpaired) electrons. The minimum absolute atomic E-state index is 0.0625. The highest BCUT2D eigenvalue weighted by Crippen LogP contribution is 2.38. The number of rotatable bonds is 1. The number of halogens is 3. The third-order valence-corrected chi connectivity index (χ3v) is 5.52. The second-order valence-electron chi connectivity index (χ2n) is 4.32. The molecular weight excluding hydrogens is 223 g/mol. The van der Waals surface area contributed by atoms with Crippen LogP contribution in [0.2, 0.25) is 18.0 Å². The topological polar surface area (TPSA) is 20.3 Å². The summed E-state index contributed by atoms with van der Waals surface area (Å²) in [6, 6.07) is 0.